The first kappa shape index (κ1) is 29.8. The molecule has 2 saturated carbocycles. The predicted octanol–water partition coefficient (Wildman–Crippen LogP) is 9.12. The molecule has 4 rings (SSSR count). The second-order valence-corrected chi connectivity index (χ2v) is 12.0. The van der Waals surface area contributed by atoms with Crippen molar-refractivity contribution in [3.63, 3.8) is 0 Å². The Bertz CT molecular complexity index is 1140. The fourth-order valence-corrected chi connectivity index (χ4v) is 7.02. The van der Waals surface area contributed by atoms with Gasteiger partial charge in [-0.1, -0.05) is 82.9 Å². The van der Waals surface area contributed by atoms with Crippen LogP contribution in [0.3, 0.4) is 0 Å². The average Bonchev–Trinajstić information content (AvgIpc) is 2.98. The molecular weight excluding hydrogens is 496 g/mol. The van der Waals surface area contributed by atoms with E-state index in [1.807, 2.05) is 24.3 Å². The summed E-state index contributed by atoms with van der Waals surface area (Å²) >= 11 is 0. The first-order chi connectivity index (χ1) is 19.3. The SMILES string of the molecule is C=CC(=O)Oc1ccc(C2(c3ccc(OC(=O)C(=C)C)cc3)CCC(C3CCC(CCCCC)CC3)CC2)cc1. The Morgan fingerprint density at radius 2 is 1.35 bits per heavy atom. The first-order valence-corrected chi connectivity index (χ1v) is 15.3. The molecule has 214 valence electrons. The zero-order valence-corrected chi connectivity index (χ0v) is 24.5. The van der Waals surface area contributed by atoms with Crippen LogP contribution in [0.4, 0.5) is 0 Å². The van der Waals surface area contributed by atoms with Crippen LogP contribution in [-0.4, -0.2) is 11.9 Å². The van der Waals surface area contributed by atoms with Gasteiger partial charge in [0.25, 0.3) is 0 Å². The molecule has 40 heavy (non-hydrogen) atoms. The van der Waals surface area contributed by atoms with E-state index in [0.29, 0.717) is 17.1 Å². The number of esters is 2. The molecule has 0 atom stereocenters. The summed E-state index contributed by atoms with van der Waals surface area (Å²) in [5.74, 6) is 2.77. The van der Waals surface area contributed by atoms with Crippen LogP contribution in [0, 0.1) is 17.8 Å². The number of carbonyl (C=O) groups is 2. The summed E-state index contributed by atoms with van der Waals surface area (Å²) in [5, 5.41) is 0. The molecule has 0 bridgehead atoms. The van der Waals surface area contributed by atoms with Gasteiger partial charge < -0.3 is 9.47 Å². The van der Waals surface area contributed by atoms with Crippen molar-refractivity contribution in [2.45, 2.75) is 96.3 Å². The van der Waals surface area contributed by atoms with Gasteiger partial charge in [-0.3, -0.25) is 0 Å². The van der Waals surface area contributed by atoms with Crippen molar-refractivity contribution in [1.82, 2.24) is 0 Å². The van der Waals surface area contributed by atoms with E-state index in [0.717, 1.165) is 30.6 Å². The summed E-state index contributed by atoms with van der Waals surface area (Å²) < 4.78 is 10.8. The normalized spacial score (nSPS) is 24.6. The highest BCUT2D eigenvalue weighted by molar-refractivity contribution is 5.88. The van der Waals surface area contributed by atoms with Gasteiger partial charge in [-0.15, -0.1) is 0 Å². The van der Waals surface area contributed by atoms with Gasteiger partial charge in [-0.25, -0.2) is 9.59 Å². The minimum absolute atomic E-state index is 0.133. The van der Waals surface area contributed by atoms with Crippen LogP contribution in [0.15, 0.2) is 73.3 Å². The van der Waals surface area contributed by atoms with E-state index in [1.165, 1.54) is 81.4 Å². The van der Waals surface area contributed by atoms with Gasteiger partial charge in [-0.05, 0) is 98.6 Å². The van der Waals surface area contributed by atoms with Gasteiger partial charge in [0, 0.05) is 17.1 Å². The van der Waals surface area contributed by atoms with Crippen molar-refractivity contribution >= 4 is 11.9 Å². The molecule has 0 radical (unpaired) electrons. The highest BCUT2D eigenvalue weighted by Crippen LogP contribution is 2.50. The highest BCUT2D eigenvalue weighted by atomic mass is 16.5. The Hall–Kier alpha value is -3.14. The maximum atomic E-state index is 12.0. The molecule has 0 aromatic heterocycles. The zero-order valence-electron chi connectivity index (χ0n) is 24.5. The molecule has 4 nitrogen and oxygen atoms in total. The van der Waals surface area contributed by atoms with Crippen LogP contribution in [-0.2, 0) is 15.0 Å². The van der Waals surface area contributed by atoms with Crippen LogP contribution in [0.5, 0.6) is 11.5 Å². The summed E-state index contributed by atoms with van der Waals surface area (Å²) in [7, 11) is 0. The predicted molar refractivity (Wildman–Crippen MR) is 161 cm³/mol. The smallest absolute Gasteiger partial charge is 0.338 e. The second kappa shape index (κ2) is 14.0. The number of rotatable bonds is 11. The van der Waals surface area contributed by atoms with Crippen molar-refractivity contribution < 1.29 is 19.1 Å². The third-order valence-corrected chi connectivity index (χ3v) is 9.42. The lowest BCUT2D eigenvalue weighted by atomic mass is 9.60. The molecule has 0 aliphatic heterocycles. The van der Waals surface area contributed by atoms with Crippen molar-refractivity contribution in [3.05, 3.63) is 84.5 Å². The standard InChI is InChI=1S/C36H46O4/c1-5-7-8-9-27-10-12-28(13-11-27)29-22-24-36(25-23-29,30-14-18-32(19-15-30)39-34(37)6-2)31-16-20-33(21-17-31)40-35(38)26(3)4/h6,14-21,27-29H,2-3,5,7-13,22-25H2,1,4H3. The lowest BCUT2D eigenvalue weighted by Gasteiger charge is -2.44. The molecule has 0 spiro atoms. The van der Waals surface area contributed by atoms with Gasteiger partial charge in [0.1, 0.15) is 11.5 Å². The molecule has 2 fully saturated rings. The highest BCUT2D eigenvalue weighted by Gasteiger charge is 2.41. The fraction of sp³-hybridized carbons (Fsp3) is 0.500. The summed E-state index contributed by atoms with van der Waals surface area (Å²) in [6.45, 7) is 11.1. The van der Waals surface area contributed by atoms with Crippen LogP contribution in [0.25, 0.3) is 0 Å². The number of hydrogen-bond donors (Lipinski definition) is 0. The molecule has 4 heteroatoms. The van der Waals surface area contributed by atoms with Gasteiger partial charge in [0.05, 0.1) is 0 Å². The van der Waals surface area contributed by atoms with E-state index >= 15 is 0 Å². The number of hydrogen-bond acceptors (Lipinski definition) is 4. The number of benzene rings is 2. The van der Waals surface area contributed by atoms with Gasteiger partial charge in [0.2, 0.25) is 0 Å². The van der Waals surface area contributed by atoms with Gasteiger partial charge in [-0.2, -0.15) is 0 Å². The monoisotopic (exact) mass is 542 g/mol. The summed E-state index contributed by atoms with van der Waals surface area (Å²) in [4.78, 5) is 23.7. The molecule has 0 heterocycles. The van der Waals surface area contributed by atoms with E-state index in [4.69, 9.17) is 9.47 Å². The Balaban J connectivity index is 1.50. The molecule has 2 aromatic rings. The lowest BCUT2D eigenvalue weighted by molar-refractivity contribution is -0.130. The van der Waals surface area contributed by atoms with Crippen molar-refractivity contribution in [2.24, 2.45) is 17.8 Å². The quantitative estimate of drug-likeness (QED) is 0.123. The molecule has 2 aliphatic rings. The Kier molecular flexibility index (Phi) is 10.4. The molecule has 0 unspecified atom stereocenters. The van der Waals surface area contributed by atoms with E-state index < -0.39 is 11.9 Å². The van der Waals surface area contributed by atoms with E-state index in [-0.39, 0.29) is 5.41 Å². The molecule has 2 aliphatic carbocycles. The Labute approximate surface area is 240 Å². The number of ether oxygens (including phenoxy) is 2. The second-order valence-electron chi connectivity index (χ2n) is 12.0. The maximum absolute atomic E-state index is 12.0. The fourth-order valence-electron chi connectivity index (χ4n) is 7.02. The Morgan fingerprint density at radius 3 is 1.85 bits per heavy atom. The van der Waals surface area contributed by atoms with Crippen LogP contribution in [0.2, 0.25) is 0 Å². The van der Waals surface area contributed by atoms with Crippen LogP contribution in [0.1, 0.15) is 102 Å². The number of carbonyl (C=O) groups excluding carboxylic acids is 2. The average molecular weight is 543 g/mol. The van der Waals surface area contributed by atoms with E-state index in [9.17, 15) is 9.59 Å². The third kappa shape index (κ3) is 7.33. The molecule has 0 amide bonds. The molecular formula is C36H46O4. The summed E-state index contributed by atoms with van der Waals surface area (Å²) in [6.07, 6.45) is 16.9. The first-order valence-electron chi connectivity index (χ1n) is 15.3. The minimum Gasteiger partial charge on any atom is -0.423 e. The van der Waals surface area contributed by atoms with Gasteiger partial charge >= 0.3 is 11.9 Å². The van der Waals surface area contributed by atoms with Crippen molar-refractivity contribution in [2.75, 3.05) is 0 Å². The molecule has 2 aromatic carbocycles. The van der Waals surface area contributed by atoms with Crippen molar-refractivity contribution in [1.29, 1.82) is 0 Å². The topological polar surface area (TPSA) is 52.6 Å². The summed E-state index contributed by atoms with van der Waals surface area (Å²) in [5.41, 5.74) is 2.71. The largest absolute Gasteiger partial charge is 0.423 e. The van der Waals surface area contributed by atoms with E-state index in [2.05, 4.69) is 44.3 Å². The van der Waals surface area contributed by atoms with Gasteiger partial charge in [0.15, 0.2) is 0 Å². The van der Waals surface area contributed by atoms with Crippen LogP contribution >= 0.6 is 0 Å². The zero-order chi connectivity index (χ0) is 28.5. The van der Waals surface area contributed by atoms with Crippen LogP contribution < -0.4 is 9.47 Å². The minimum atomic E-state index is -0.456. The maximum Gasteiger partial charge on any atom is 0.338 e. The van der Waals surface area contributed by atoms with E-state index in [1.54, 1.807) is 6.92 Å². The molecule has 0 N–H and O–H groups in total. The Morgan fingerprint density at radius 1 is 0.825 bits per heavy atom. The lowest BCUT2D eigenvalue weighted by Crippen LogP contribution is -2.36. The summed E-state index contributed by atoms with van der Waals surface area (Å²) in [6, 6.07) is 16.0. The molecule has 0 saturated heterocycles. The van der Waals surface area contributed by atoms with Crippen molar-refractivity contribution in [3.8, 4) is 11.5 Å². The number of unbranched alkanes of at least 4 members (excludes halogenated alkanes) is 2. The third-order valence-electron chi connectivity index (χ3n) is 9.42.